The normalized spacial score (nSPS) is 10.7. The number of nitrogens with zero attached hydrogens (tertiary/aromatic N) is 2. The predicted octanol–water partition coefficient (Wildman–Crippen LogP) is 4.64. The van der Waals surface area contributed by atoms with Crippen molar-refractivity contribution in [2.24, 2.45) is 0 Å². The summed E-state index contributed by atoms with van der Waals surface area (Å²) in [5.74, 6) is 1.17. The Kier molecular flexibility index (Phi) is 5.73. The highest BCUT2D eigenvalue weighted by atomic mass is 32.2. The van der Waals surface area contributed by atoms with Gasteiger partial charge in [0.2, 0.25) is 5.89 Å². The second-order valence-electron chi connectivity index (χ2n) is 6.02. The van der Waals surface area contributed by atoms with Gasteiger partial charge in [-0.1, -0.05) is 41.9 Å². The van der Waals surface area contributed by atoms with E-state index in [0.717, 1.165) is 16.2 Å². The number of hydrogen-bond donors (Lipinski definition) is 1. The van der Waals surface area contributed by atoms with Gasteiger partial charge in [-0.25, -0.2) is 0 Å². The van der Waals surface area contributed by atoms with Crippen LogP contribution in [0.2, 0.25) is 0 Å². The molecule has 0 saturated heterocycles. The van der Waals surface area contributed by atoms with Crippen LogP contribution in [0.15, 0.2) is 51.8 Å². The van der Waals surface area contributed by atoms with Crippen molar-refractivity contribution in [2.75, 3.05) is 11.1 Å². The Bertz CT molecular complexity index is 921. The van der Waals surface area contributed by atoms with E-state index in [4.69, 9.17) is 4.42 Å². The molecule has 26 heavy (non-hydrogen) atoms. The number of anilines is 1. The highest BCUT2D eigenvalue weighted by Crippen LogP contribution is 2.20. The van der Waals surface area contributed by atoms with Crippen molar-refractivity contribution >= 4 is 23.7 Å². The zero-order chi connectivity index (χ0) is 18.5. The smallest absolute Gasteiger partial charge is 0.322 e. The quantitative estimate of drug-likeness (QED) is 0.643. The Morgan fingerprint density at radius 1 is 1.15 bits per heavy atom. The van der Waals surface area contributed by atoms with Crippen LogP contribution in [0.1, 0.15) is 39.9 Å². The first-order chi connectivity index (χ1) is 12.5. The Balaban J connectivity index is 1.68. The van der Waals surface area contributed by atoms with Gasteiger partial charge >= 0.3 is 6.01 Å². The second kappa shape index (κ2) is 8.19. The number of hydrogen-bond acceptors (Lipinski definition) is 5. The molecule has 0 fully saturated rings. The van der Waals surface area contributed by atoms with Crippen molar-refractivity contribution in [3.05, 3.63) is 70.6 Å². The van der Waals surface area contributed by atoms with E-state index < -0.39 is 0 Å². The Morgan fingerprint density at radius 2 is 2.00 bits per heavy atom. The molecule has 1 aromatic heterocycles. The fraction of sp³-hybridized carbons (Fsp3) is 0.250. The lowest BCUT2D eigenvalue weighted by molar-refractivity contribution is 0.102. The van der Waals surface area contributed by atoms with Gasteiger partial charge in [-0.05, 0) is 48.9 Å². The molecule has 0 spiro atoms. The van der Waals surface area contributed by atoms with E-state index in [1.165, 1.54) is 11.1 Å². The molecule has 0 aliphatic carbocycles. The maximum absolute atomic E-state index is 12.4. The van der Waals surface area contributed by atoms with Crippen LogP contribution in [-0.4, -0.2) is 21.9 Å². The lowest BCUT2D eigenvalue weighted by atomic mass is 10.0. The molecule has 0 bridgehead atoms. The maximum Gasteiger partial charge on any atom is 0.322 e. The topological polar surface area (TPSA) is 68.0 Å². The minimum atomic E-state index is -0.259. The molecular formula is C20H21N3O2S. The SMILES string of the molecule is CCSc1cccc(C(=O)Nc2nnc(Cc3ccc(C)cc3C)o2)c1. The fourth-order valence-corrected chi connectivity index (χ4v) is 3.36. The van der Waals surface area contributed by atoms with Crippen molar-refractivity contribution in [1.29, 1.82) is 0 Å². The lowest BCUT2D eigenvalue weighted by Gasteiger charge is -2.04. The molecule has 3 rings (SSSR count). The first kappa shape index (κ1) is 18.2. The van der Waals surface area contributed by atoms with E-state index >= 15 is 0 Å². The van der Waals surface area contributed by atoms with Crippen LogP contribution in [0.4, 0.5) is 6.01 Å². The molecule has 0 aliphatic rings. The summed E-state index contributed by atoms with van der Waals surface area (Å²) < 4.78 is 5.58. The third-order valence-corrected chi connectivity index (χ3v) is 4.81. The largest absolute Gasteiger partial charge is 0.407 e. The summed E-state index contributed by atoms with van der Waals surface area (Å²) in [7, 11) is 0. The number of amides is 1. The van der Waals surface area contributed by atoms with Crippen LogP contribution in [0, 0.1) is 13.8 Å². The molecule has 0 unspecified atom stereocenters. The summed E-state index contributed by atoms with van der Waals surface area (Å²) in [5.41, 5.74) is 4.09. The zero-order valence-electron chi connectivity index (χ0n) is 15.1. The van der Waals surface area contributed by atoms with Crippen molar-refractivity contribution in [2.45, 2.75) is 32.1 Å². The van der Waals surface area contributed by atoms with E-state index in [2.05, 4.69) is 54.5 Å². The number of carbonyl (C=O) groups excluding carboxylic acids is 1. The number of aromatic nitrogens is 2. The van der Waals surface area contributed by atoms with E-state index in [9.17, 15) is 4.79 Å². The summed E-state index contributed by atoms with van der Waals surface area (Å²) in [4.78, 5) is 13.4. The van der Waals surface area contributed by atoms with Crippen LogP contribution in [0.5, 0.6) is 0 Å². The summed E-state index contributed by atoms with van der Waals surface area (Å²) in [6.07, 6.45) is 0.539. The highest BCUT2D eigenvalue weighted by molar-refractivity contribution is 7.99. The number of aryl methyl sites for hydroxylation is 2. The van der Waals surface area contributed by atoms with Gasteiger partial charge in [0.05, 0.1) is 6.42 Å². The first-order valence-electron chi connectivity index (χ1n) is 8.48. The van der Waals surface area contributed by atoms with Gasteiger partial charge in [0.1, 0.15) is 0 Å². The molecule has 1 amide bonds. The maximum atomic E-state index is 12.4. The molecule has 0 radical (unpaired) electrons. The molecule has 2 aromatic carbocycles. The third-order valence-electron chi connectivity index (χ3n) is 3.93. The van der Waals surface area contributed by atoms with Crippen LogP contribution in [0.3, 0.4) is 0 Å². The van der Waals surface area contributed by atoms with Crippen LogP contribution in [0.25, 0.3) is 0 Å². The molecule has 0 atom stereocenters. The molecular weight excluding hydrogens is 346 g/mol. The molecule has 6 heteroatoms. The fourth-order valence-electron chi connectivity index (χ4n) is 2.65. The number of thioether (sulfide) groups is 1. The van der Waals surface area contributed by atoms with Crippen molar-refractivity contribution in [3.8, 4) is 0 Å². The van der Waals surface area contributed by atoms with Crippen molar-refractivity contribution < 1.29 is 9.21 Å². The number of nitrogens with one attached hydrogen (secondary N) is 1. The average Bonchev–Trinajstić information content (AvgIpc) is 3.05. The zero-order valence-corrected chi connectivity index (χ0v) is 15.9. The van der Waals surface area contributed by atoms with Crippen LogP contribution in [-0.2, 0) is 6.42 Å². The Labute approximate surface area is 157 Å². The van der Waals surface area contributed by atoms with Gasteiger partial charge in [0.15, 0.2) is 0 Å². The highest BCUT2D eigenvalue weighted by Gasteiger charge is 2.13. The minimum absolute atomic E-state index is 0.114. The van der Waals surface area contributed by atoms with Crippen LogP contribution >= 0.6 is 11.8 Å². The summed E-state index contributed by atoms with van der Waals surface area (Å²) in [6.45, 7) is 6.20. The van der Waals surface area contributed by atoms with Gasteiger partial charge in [-0.3, -0.25) is 10.1 Å². The molecule has 0 aliphatic heterocycles. The average molecular weight is 367 g/mol. The molecule has 134 valence electrons. The molecule has 0 saturated carbocycles. The van der Waals surface area contributed by atoms with E-state index in [-0.39, 0.29) is 11.9 Å². The van der Waals surface area contributed by atoms with E-state index in [0.29, 0.717) is 17.9 Å². The minimum Gasteiger partial charge on any atom is -0.407 e. The third kappa shape index (κ3) is 4.52. The molecule has 5 nitrogen and oxygen atoms in total. The number of carbonyl (C=O) groups is 1. The summed E-state index contributed by atoms with van der Waals surface area (Å²) in [6, 6.07) is 13.8. The number of rotatable bonds is 6. The van der Waals surface area contributed by atoms with E-state index in [1.54, 1.807) is 17.8 Å². The van der Waals surface area contributed by atoms with Crippen molar-refractivity contribution in [3.63, 3.8) is 0 Å². The molecule has 3 aromatic rings. The monoisotopic (exact) mass is 367 g/mol. The lowest BCUT2D eigenvalue weighted by Crippen LogP contribution is -2.12. The summed E-state index contributed by atoms with van der Waals surface area (Å²) in [5, 5.41) is 10.6. The second-order valence-corrected chi connectivity index (χ2v) is 7.36. The van der Waals surface area contributed by atoms with E-state index in [1.807, 2.05) is 18.2 Å². The van der Waals surface area contributed by atoms with Gasteiger partial charge in [-0.2, -0.15) is 0 Å². The van der Waals surface area contributed by atoms with Gasteiger partial charge in [-0.15, -0.1) is 16.9 Å². The number of benzene rings is 2. The van der Waals surface area contributed by atoms with Crippen LogP contribution < -0.4 is 5.32 Å². The van der Waals surface area contributed by atoms with Crippen molar-refractivity contribution in [1.82, 2.24) is 10.2 Å². The summed E-state index contributed by atoms with van der Waals surface area (Å²) >= 11 is 1.69. The standard InChI is InChI=1S/C20H21N3O2S/c1-4-26-17-7-5-6-16(11-17)19(24)21-20-23-22-18(25-20)12-15-9-8-13(2)10-14(15)3/h5-11H,4,12H2,1-3H3,(H,21,23,24). The molecule has 1 heterocycles. The van der Waals surface area contributed by atoms with Gasteiger partial charge in [0.25, 0.3) is 5.91 Å². The first-order valence-corrected chi connectivity index (χ1v) is 9.46. The Hall–Kier alpha value is -2.60. The Morgan fingerprint density at radius 3 is 2.77 bits per heavy atom. The van der Waals surface area contributed by atoms with Gasteiger partial charge in [0, 0.05) is 10.5 Å². The van der Waals surface area contributed by atoms with Gasteiger partial charge < -0.3 is 4.42 Å². The predicted molar refractivity (Wildman–Crippen MR) is 104 cm³/mol. The molecule has 1 N–H and O–H groups in total.